The Labute approximate surface area is 149 Å². The first-order valence-corrected chi connectivity index (χ1v) is 7.97. The van der Waals surface area contributed by atoms with Crippen LogP contribution in [0.25, 0.3) is 0 Å². The molecule has 0 aliphatic carbocycles. The fourth-order valence-corrected chi connectivity index (χ4v) is 2.80. The number of alkyl halides is 3. The molecule has 0 aromatic heterocycles. The van der Waals surface area contributed by atoms with E-state index in [1.54, 1.807) is 7.05 Å². The molecule has 150 valence electrons. The van der Waals surface area contributed by atoms with Crippen molar-refractivity contribution in [3.8, 4) is 0 Å². The number of carbonyl (C=O) groups excluding carboxylic acids is 2. The Morgan fingerprint density at radius 3 is 2.08 bits per heavy atom. The maximum atomic E-state index is 11.8. The molecule has 0 saturated carbocycles. The predicted molar refractivity (Wildman–Crippen MR) is 84.3 cm³/mol. The summed E-state index contributed by atoms with van der Waals surface area (Å²) in [7, 11) is 3.56. The van der Waals surface area contributed by atoms with Gasteiger partial charge in [0.05, 0.1) is 19.7 Å². The molecule has 1 unspecified atom stereocenters. The van der Waals surface area contributed by atoms with Gasteiger partial charge in [-0.05, 0) is 7.05 Å². The number of hydrogen-bond acceptors (Lipinski definition) is 5. The summed E-state index contributed by atoms with van der Waals surface area (Å²) in [6, 6.07) is -0.231. The molecule has 0 aromatic carbocycles. The molecule has 2 fully saturated rings. The zero-order valence-electron chi connectivity index (χ0n) is 15.1. The molecule has 0 aromatic rings. The molecule has 0 radical (unpaired) electrons. The summed E-state index contributed by atoms with van der Waals surface area (Å²) in [5.41, 5.74) is -0.274. The van der Waals surface area contributed by atoms with E-state index < -0.39 is 12.1 Å². The maximum Gasteiger partial charge on any atom is 0.490 e. The molecule has 2 N–H and O–H groups in total. The van der Waals surface area contributed by atoms with E-state index in [2.05, 4.69) is 5.32 Å². The second kappa shape index (κ2) is 8.21. The number of ether oxygens (including phenoxy) is 1. The van der Waals surface area contributed by atoms with E-state index in [4.69, 9.17) is 14.6 Å². The Balaban J connectivity index is 0.000000412. The summed E-state index contributed by atoms with van der Waals surface area (Å²) in [4.78, 5) is 36.2. The van der Waals surface area contributed by atoms with Crippen LogP contribution in [-0.2, 0) is 19.1 Å². The van der Waals surface area contributed by atoms with E-state index in [1.165, 1.54) is 0 Å². The average Bonchev–Trinajstić information content (AvgIpc) is 2.50. The third-order valence-corrected chi connectivity index (χ3v) is 4.17. The predicted octanol–water partition coefficient (Wildman–Crippen LogP) is -0.0667. The normalized spacial score (nSPS) is 22.3. The van der Waals surface area contributed by atoms with Crippen molar-refractivity contribution in [3.63, 3.8) is 0 Å². The van der Waals surface area contributed by atoms with Gasteiger partial charge in [-0.3, -0.25) is 14.5 Å². The molecule has 1 atom stereocenters. The highest BCUT2D eigenvalue weighted by Crippen LogP contribution is 2.31. The topological polar surface area (TPSA) is 99.2 Å². The average molecular weight is 383 g/mol. The zero-order chi connectivity index (χ0) is 20.3. The Hall–Kier alpha value is -1.88. The van der Waals surface area contributed by atoms with Gasteiger partial charge in [-0.2, -0.15) is 13.2 Å². The zero-order valence-corrected chi connectivity index (χ0v) is 15.1. The van der Waals surface area contributed by atoms with Crippen LogP contribution < -0.4 is 5.32 Å². The number of likely N-dealkylation sites (N-methyl/N-ethyl adjacent to an activating group) is 2. The molecular formula is C15H24F3N3O5. The molecule has 1 spiro atoms. The van der Waals surface area contributed by atoms with Crippen molar-refractivity contribution in [1.29, 1.82) is 0 Å². The number of aliphatic carboxylic acids is 1. The molecular weight excluding hydrogens is 359 g/mol. The SMILES string of the molecule is CNC(=O)C1COC2(CN(C(=O)C(C)C)C2)CN1C.O=C(O)C(F)(F)F. The molecule has 26 heavy (non-hydrogen) atoms. The van der Waals surface area contributed by atoms with Gasteiger partial charge in [0, 0.05) is 19.5 Å². The van der Waals surface area contributed by atoms with Crippen LogP contribution in [0.1, 0.15) is 13.8 Å². The molecule has 11 heteroatoms. The highest BCUT2D eigenvalue weighted by molar-refractivity contribution is 5.82. The van der Waals surface area contributed by atoms with Crippen molar-refractivity contribution in [2.45, 2.75) is 31.7 Å². The smallest absolute Gasteiger partial charge is 0.475 e. The Bertz CT molecular complexity index is 547. The minimum absolute atomic E-state index is 0.0215. The monoisotopic (exact) mass is 383 g/mol. The number of nitrogens with one attached hydrogen (secondary N) is 1. The molecule has 2 heterocycles. The van der Waals surface area contributed by atoms with Crippen molar-refractivity contribution in [3.05, 3.63) is 0 Å². The van der Waals surface area contributed by atoms with Gasteiger partial charge >= 0.3 is 12.1 Å². The quantitative estimate of drug-likeness (QED) is 0.693. The van der Waals surface area contributed by atoms with Crippen LogP contribution in [0.15, 0.2) is 0 Å². The van der Waals surface area contributed by atoms with Crippen LogP contribution in [-0.4, -0.2) is 90.8 Å². The molecule has 2 aliphatic heterocycles. The first kappa shape index (κ1) is 22.2. The van der Waals surface area contributed by atoms with Gasteiger partial charge in [-0.15, -0.1) is 0 Å². The number of hydrogen-bond donors (Lipinski definition) is 2. The van der Waals surface area contributed by atoms with Gasteiger partial charge < -0.3 is 20.1 Å². The fourth-order valence-electron chi connectivity index (χ4n) is 2.80. The lowest BCUT2D eigenvalue weighted by molar-refractivity contribution is -0.202. The standard InChI is InChI=1S/C13H23N3O3.C2HF3O2/c1-9(2)12(18)16-7-13(8-16)6-15(4)10(5-19-13)11(17)14-3;3-2(4,5)1(6)7/h9-10H,5-8H2,1-4H3,(H,14,17);(H,6,7). The number of amides is 2. The van der Waals surface area contributed by atoms with Gasteiger partial charge in [-0.1, -0.05) is 13.8 Å². The summed E-state index contributed by atoms with van der Waals surface area (Å²) in [5.74, 6) is -2.58. The van der Waals surface area contributed by atoms with Gasteiger partial charge in [0.25, 0.3) is 0 Å². The Kier molecular flexibility index (Phi) is 7.00. The van der Waals surface area contributed by atoms with E-state index in [0.29, 0.717) is 26.2 Å². The van der Waals surface area contributed by atoms with Crippen molar-refractivity contribution in [1.82, 2.24) is 15.1 Å². The first-order chi connectivity index (χ1) is 11.8. The van der Waals surface area contributed by atoms with E-state index >= 15 is 0 Å². The highest BCUT2D eigenvalue weighted by Gasteiger charge is 2.51. The first-order valence-electron chi connectivity index (χ1n) is 7.97. The lowest BCUT2D eigenvalue weighted by Gasteiger charge is -2.55. The fraction of sp³-hybridized carbons (Fsp3) is 0.800. The lowest BCUT2D eigenvalue weighted by atomic mass is 9.89. The van der Waals surface area contributed by atoms with Crippen LogP contribution in [0.4, 0.5) is 13.2 Å². The number of morpholine rings is 1. The maximum absolute atomic E-state index is 11.8. The van der Waals surface area contributed by atoms with Gasteiger partial charge in [0.1, 0.15) is 11.6 Å². The minimum Gasteiger partial charge on any atom is -0.475 e. The summed E-state index contributed by atoms with van der Waals surface area (Å²) < 4.78 is 37.6. The van der Waals surface area contributed by atoms with E-state index in [9.17, 15) is 22.8 Å². The van der Waals surface area contributed by atoms with Crippen molar-refractivity contribution in [2.24, 2.45) is 5.92 Å². The van der Waals surface area contributed by atoms with E-state index in [-0.39, 0.29) is 29.4 Å². The van der Waals surface area contributed by atoms with Crippen molar-refractivity contribution in [2.75, 3.05) is 40.3 Å². The summed E-state index contributed by atoms with van der Waals surface area (Å²) in [6.07, 6.45) is -5.08. The van der Waals surface area contributed by atoms with Gasteiger partial charge in [-0.25, -0.2) is 4.79 Å². The van der Waals surface area contributed by atoms with Gasteiger partial charge in [0.15, 0.2) is 0 Å². The Morgan fingerprint density at radius 2 is 1.73 bits per heavy atom. The number of carboxylic acid groups (broad SMARTS) is 1. The Morgan fingerprint density at radius 1 is 1.23 bits per heavy atom. The van der Waals surface area contributed by atoms with E-state index in [0.717, 1.165) is 0 Å². The molecule has 2 aliphatic rings. The van der Waals surface area contributed by atoms with Crippen molar-refractivity contribution >= 4 is 17.8 Å². The molecule has 8 nitrogen and oxygen atoms in total. The molecule has 2 saturated heterocycles. The summed E-state index contributed by atoms with van der Waals surface area (Å²) in [5, 5.41) is 9.77. The lowest BCUT2D eigenvalue weighted by Crippen LogP contribution is -2.73. The number of carbonyl (C=O) groups is 3. The number of halogens is 3. The second-order valence-corrected chi connectivity index (χ2v) is 6.69. The van der Waals surface area contributed by atoms with Crippen LogP contribution >= 0.6 is 0 Å². The molecule has 2 rings (SSSR count). The minimum atomic E-state index is -5.08. The third kappa shape index (κ3) is 5.31. The summed E-state index contributed by atoms with van der Waals surface area (Å²) >= 11 is 0. The number of rotatable bonds is 2. The van der Waals surface area contributed by atoms with Crippen LogP contribution in [0.2, 0.25) is 0 Å². The number of nitrogens with zero attached hydrogens (tertiary/aromatic N) is 2. The number of carboxylic acids is 1. The summed E-state index contributed by atoms with van der Waals surface area (Å²) in [6.45, 7) is 6.15. The van der Waals surface area contributed by atoms with Crippen LogP contribution in [0.5, 0.6) is 0 Å². The second-order valence-electron chi connectivity index (χ2n) is 6.69. The van der Waals surface area contributed by atoms with Gasteiger partial charge in [0.2, 0.25) is 11.8 Å². The highest BCUT2D eigenvalue weighted by atomic mass is 19.4. The number of likely N-dealkylation sites (tertiary alicyclic amines) is 1. The van der Waals surface area contributed by atoms with Crippen LogP contribution in [0, 0.1) is 5.92 Å². The molecule has 2 amide bonds. The van der Waals surface area contributed by atoms with E-state index in [1.807, 2.05) is 30.7 Å². The van der Waals surface area contributed by atoms with Crippen molar-refractivity contribution < 1.29 is 37.4 Å². The largest absolute Gasteiger partial charge is 0.490 e. The van der Waals surface area contributed by atoms with Crippen LogP contribution in [0.3, 0.4) is 0 Å². The molecule has 0 bridgehead atoms. The third-order valence-electron chi connectivity index (χ3n) is 4.17.